The van der Waals surface area contributed by atoms with E-state index in [9.17, 15) is 9.59 Å². The summed E-state index contributed by atoms with van der Waals surface area (Å²) in [7, 11) is 0. The molecule has 0 aromatic heterocycles. The van der Waals surface area contributed by atoms with Crippen molar-refractivity contribution in [3.05, 3.63) is 0 Å². The molecule has 0 radical (unpaired) electrons. The van der Waals surface area contributed by atoms with E-state index in [1.807, 2.05) is 0 Å². The Balaban J connectivity index is 4.91. The summed E-state index contributed by atoms with van der Waals surface area (Å²) < 4.78 is -0.843. The summed E-state index contributed by atoms with van der Waals surface area (Å²) in [5.74, 6) is -3.98. The van der Waals surface area contributed by atoms with Gasteiger partial charge in [-0.2, -0.15) is 0 Å². The van der Waals surface area contributed by atoms with Crippen molar-refractivity contribution in [3.8, 4) is 0 Å². The highest BCUT2D eigenvalue weighted by Crippen LogP contribution is 2.35. The van der Waals surface area contributed by atoms with Crippen LogP contribution in [-0.4, -0.2) is 26.5 Å². The van der Waals surface area contributed by atoms with Gasteiger partial charge in [-0.25, -0.2) is 0 Å². The Kier molecular flexibility index (Phi) is 4.39. The minimum absolute atomic E-state index is 0.465. The zero-order chi connectivity index (χ0) is 10.6. The van der Waals surface area contributed by atoms with Crippen molar-refractivity contribution in [1.82, 2.24) is 0 Å². The minimum atomic E-state index is -1.39. The lowest BCUT2D eigenvalue weighted by Gasteiger charge is -2.28. The van der Waals surface area contributed by atoms with Crippen LogP contribution in [0.2, 0.25) is 0 Å². The van der Waals surface area contributed by atoms with Gasteiger partial charge in [0.15, 0.2) is 5.92 Å². The predicted molar refractivity (Wildman–Crippen MR) is 51.0 cm³/mol. The van der Waals surface area contributed by atoms with Gasteiger partial charge in [0, 0.05) is 4.32 Å². The highest BCUT2D eigenvalue weighted by Gasteiger charge is 2.43. The molecule has 4 nitrogen and oxygen atoms in total. The molecule has 0 aromatic carbocycles. The molecule has 0 saturated carbocycles. The molecule has 0 fully saturated rings. The predicted octanol–water partition coefficient (Wildman–Crippen LogP) is 1.73. The fourth-order valence-electron chi connectivity index (χ4n) is 1.21. The zero-order valence-electron chi connectivity index (χ0n) is 7.58. The van der Waals surface area contributed by atoms with Crippen LogP contribution in [0.1, 0.15) is 26.7 Å². The largest absolute Gasteiger partial charge is 0.481 e. The number of alkyl halides is 1. The second kappa shape index (κ2) is 4.60. The lowest BCUT2D eigenvalue weighted by Crippen LogP contribution is -2.41. The summed E-state index contributed by atoms with van der Waals surface area (Å²) in [4.78, 5) is 21.4. The highest BCUT2D eigenvalue weighted by atomic mass is 79.9. The van der Waals surface area contributed by atoms with E-state index in [1.165, 1.54) is 0 Å². The number of rotatable bonds is 5. The van der Waals surface area contributed by atoms with Gasteiger partial charge in [-0.3, -0.25) is 9.59 Å². The molecule has 0 aliphatic carbocycles. The molecule has 0 saturated heterocycles. The summed E-state index contributed by atoms with van der Waals surface area (Å²) in [6.45, 7) is 3.52. The smallest absolute Gasteiger partial charge is 0.319 e. The van der Waals surface area contributed by atoms with Gasteiger partial charge in [-0.15, -0.1) is 0 Å². The van der Waals surface area contributed by atoms with Crippen molar-refractivity contribution in [2.24, 2.45) is 5.92 Å². The zero-order valence-corrected chi connectivity index (χ0v) is 9.17. The molecule has 76 valence electrons. The van der Waals surface area contributed by atoms with Gasteiger partial charge in [0.25, 0.3) is 0 Å². The van der Waals surface area contributed by atoms with Crippen LogP contribution in [0.4, 0.5) is 0 Å². The SMILES string of the molecule is CCC(Br)(CC)C(C(=O)O)C(=O)O. The van der Waals surface area contributed by atoms with Gasteiger partial charge in [0.2, 0.25) is 0 Å². The second-order valence-corrected chi connectivity index (χ2v) is 4.43. The molecule has 0 amide bonds. The lowest BCUT2D eigenvalue weighted by atomic mass is 9.87. The van der Waals surface area contributed by atoms with Crippen LogP contribution in [0.5, 0.6) is 0 Å². The van der Waals surface area contributed by atoms with Crippen molar-refractivity contribution in [2.45, 2.75) is 31.0 Å². The first-order chi connectivity index (χ1) is 5.89. The number of aliphatic carboxylic acids is 2. The fraction of sp³-hybridized carbons (Fsp3) is 0.750. The molecule has 13 heavy (non-hydrogen) atoms. The Morgan fingerprint density at radius 2 is 1.54 bits per heavy atom. The lowest BCUT2D eigenvalue weighted by molar-refractivity contribution is -0.156. The average Bonchev–Trinajstić information content (AvgIpc) is 2.02. The third-order valence-corrected chi connectivity index (χ3v) is 3.77. The molecule has 0 heterocycles. The van der Waals surface area contributed by atoms with Gasteiger partial charge in [-0.05, 0) is 12.8 Å². The van der Waals surface area contributed by atoms with E-state index in [0.29, 0.717) is 12.8 Å². The molecule has 2 N–H and O–H groups in total. The standard InChI is InChI=1S/C8H13BrO4/c1-3-8(9,4-2)5(6(10)11)7(12)13/h5H,3-4H2,1-2H3,(H,10,11)(H,12,13). The molecule has 0 spiro atoms. The molecule has 0 atom stereocenters. The van der Waals surface area contributed by atoms with Gasteiger partial charge in [0.05, 0.1) is 0 Å². The number of hydrogen-bond acceptors (Lipinski definition) is 2. The fourth-order valence-corrected chi connectivity index (χ4v) is 1.60. The number of hydrogen-bond donors (Lipinski definition) is 2. The van der Waals surface area contributed by atoms with E-state index in [0.717, 1.165) is 0 Å². The van der Waals surface area contributed by atoms with Crippen molar-refractivity contribution in [2.75, 3.05) is 0 Å². The van der Waals surface area contributed by atoms with E-state index in [4.69, 9.17) is 10.2 Å². The molecule has 0 aliphatic rings. The van der Waals surface area contributed by atoms with E-state index in [1.54, 1.807) is 13.8 Å². The molecule has 0 unspecified atom stereocenters. The third-order valence-electron chi connectivity index (χ3n) is 2.19. The van der Waals surface area contributed by atoms with Gasteiger partial charge in [0.1, 0.15) is 0 Å². The molecule has 5 heteroatoms. The topological polar surface area (TPSA) is 74.6 Å². The Labute approximate surface area is 85.1 Å². The molecular weight excluding hydrogens is 240 g/mol. The van der Waals surface area contributed by atoms with E-state index < -0.39 is 22.2 Å². The number of halogens is 1. The van der Waals surface area contributed by atoms with Crippen LogP contribution in [0.3, 0.4) is 0 Å². The van der Waals surface area contributed by atoms with Crippen molar-refractivity contribution >= 4 is 27.9 Å². The number of carboxylic acids is 2. The first-order valence-electron chi connectivity index (χ1n) is 4.03. The van der Waals surface area contributed by atoms with E-state index in [-0.39, 0.29) is 0 Å². The van der Waals surface area contributed by atoms with Crippen molar-refractivity contribution in [1.29, 1.82) is 0 Å². The summed E-state index contributed by atoms with van der Waals surface area (Å²) in [6, 6.07) is 0. The van der Waals surface area contributed by atoms with Crippen LogP contribution in [0.15, 0.2) is 0 Å². The highest BCUT2D eigenvalue weighted by molar-refractivity contribution is 9.10. The normalized spacial score (nSPS) is 11.7. The summed E-state index contributed by atoms with van der Waals surface area (Å²) in [6.07, 6.45) is 0.930. The monoisotopic (exact) mass is 252 g/mol. The van der Waals surface area contributed by atoms with Crippen LogP contribution >= 0.6 is 15.9 Å². The Morgan fingerprint density at radius 1 is 1.23 bits per heavy atom. The summed E-state index contributed by atoms with van der Waals surface area (Å²) in [5.41, 5.74) is 0. The summed E-state index contributed by atoms with van der Waals surface area (Å²) in [5, 5.41) is 17.5. The molecule has 0 aliphatic heterocycles. The third kappa shape index (κ3) is 2.69. The first kappa shape index (κ1) is 12.4. The van der Waals surface area contributed by atoms with Crippen LogP contribution in [-0.2, 0) is 9.59 Å². The van der Waals surface area contributed by atoms with E-state index in [2.05, 4.69) is 15.9 Å². The Morgan fingerprint density at radius 3 is 1.62 bits per heavy atom. The van der Waals surface area contributed by atoms with Crippen LogP contribution in [0.25, 0.3) is 0 Å². The van der Waals surface area contributed by atoms with Crippen molar-refractivity contribution < 1.29 is 19.8 Å². The van der Waals surface area contributed by atoms with Crippen LogP contribution < -0.4 is 0 Å². The Hall–Kier alpha value is -0.580. The average molecular weight is 253 g/mol. The van der Waals surface area contributed by atoms with Gasteiger partial charge >= 0.3 is 11.9 Å². The molecule has 0 bridgehead atoms. The molecule has 0 rings (SSSR count). The maximum Gasteiger partial charge on any atom is 0.319 e. The minimum Gasteiger partial charge on any atom is -0.481 e. The number of carboxylic acid groups (broad SMARTS) is 2. The summed E-state index contributed by atoms with van der Waals surface area (Å²) >= 11 is 3.19. The van der Waals surface area contributed by atoms with Gasteiger partial charge in [-0.1, -0.05) is 29.8 Å². The Bertz CT molecular complexity index is 196. The first-order valence-corrected chi connectivity index (χ1v) is 4.82. The number of carbonyl (C=O) groups is 2. The van der Waals surface area contributed by atoms with Gasteiger partial charge < -0.3 is 10.2 Å². The van der Waals surface area contributed by atoms with Crippen LogP contribution in [0, 0.1) is 5.92 Å². The molecular formula is C8H13BrO4. The molecule has 0 aromatic rings. The quantitative estimate of drug-likeness (QED) is 0.578. The second-order valence-electron chi connectivity index (χ2n) is 2.85. The maximum atomic E-state index is 10.7. The maximum absolute atomic E-state index is 10.7. The van der Waals surface area contributed by atoms with Crippen molar-refractivity contribution in [3.63, 3.8) is 0 Å². The van der Waals surface area contributed by atoms with E-state index >= 15 is 0 Å².